The van der Waals surface area contributed by atoms with E-state index >= 15 is 0 Å². The molecule has 0 saturated carbocycles. The van der Waals surface area contributed by atoms with Gasteiger partial charge in [-0.2, -0.15) is 0 Å². The van der Waals surface area contributed by atoms with E-state index in [1.807, 2.05) is 32.1 Å². The number of amides is 1. The van der Waals surface area contributed by atoms with Crippen molar-refractivity contribution in [2.24, 2.45) is 5.16 Å². The zero-order valence-electron chi connectivity index (χ0n) is 20.5. The van der Waals surface area contributed by atoms with Crippen LogP contribution in [0, 0.1) is 6.92 Å². The number of hydrogen-bond donors (Lipinski definition) is 1. The number of hydrogen-bond acceptors (Lipinski definition) is 7. The maximum absolute atomic E-state index is 12.9. The molecule has 2 heterocycles. The lowest BCUT2D eigenvalue weighted by molar-refractivity contribution is -0.147. The van der Waals surface area contributed by atoms with Crippen LogP contribution < -0.4 is 0 Å². The van der Waals surface area contributed by atoms with E-state index in [4.69, 9.17) is 25.9 Å². The van der Waals surface area contributed by atoms with Gasteiger partial charge >= 0.3 is 5.97 Å². The second-order valence-corrected chi connectivity index (χ2v) is 9.22. The molecule has 2 unspecified atom stereocenters. The number of morpholine rings is 1. The van der Waals surface area contributed by atoms with E-state index in [1.165, 1.54) is 6.07 Å². The number of halogens is 1. The first kappa shape index (κ1) is 26.8. The molecule has 0 aliphatic carbocycles. The lowest BCUT2D eigenvalue weighted by atomic mass is 9.96. The molecule has 35 heavy (non-hydrogen) atoms. The van der Waals surface area contributed by atoms with Crippen LogP contribution >= 0.6 is 11.6 Å². The SMILES string of the molecule is Cc1cc(O)c(Cl)c2c1C(=O)OCC/C=C/CC/C=C/C(=N/OCC(=O)N1CC(C)OC(C)C1)C2. The summed E-state index contributed by atoms with van der Waals surface area (Å²) in [6, 6.07) is 1.44. The molecular weight excluding hydrogens is 472 g/mol. The Bertz CT molecular complexity index is 1010. The number of rotatable bonds is 3. The molecule has 0 aromatic heterocycles. The first-order valence-electron chi connectivity index (χ1n) is 11.9. The molecule has 2 aliphatic heterocycles. The third-order valence-electron chi connectivity index (χ3n) is 5.74. The molecule has 1 aromatic rings. The number of carbonyl (C=O) groups is 2. The molecule has 0 spiro atoms. The van der Waals surface area contributed by atoms with Gasteiger partial charge < -0.3 is 24.3 Å². The number of benzene rings is 1. The predicted octanol–water partition coefficient (Wildman–Crippen LogP) is 4.36. The molecule has 1 aromatic carbocycles. The fourth-order valence-electron chi connectivity index (χ4n) is 4.18. The first-order valence-corrected chi connectivity index (χ1v) is 12.3. The molecule has 3 rings (SSSR count). The Balaban J connectivity index is 1.84. The highest BCUT2D eigenvalue weighted by Gasteiger charge is 2.26. The number of aryl methyl sites for hydroxylation is 1. The average molecular weight is 505 g/mol. The molecule has 9 heteroatoms. The Labute approximate surface area is 211 Å². The lowest BCUT2D eigenvalue weighted by Crippen LogP contribution is -2.49. The van der Waals surface area contributed by atoms with E-state index in [-0.39, 0.29) is 48.5 Å². The van der Waals surface area contributed by atoms with Crippen molar-refractivity contribution in [2.75, 3.05) is 26.3 Å². The number of allylic oxidation sites excluding steroid dienone is 3. The molecule has 0 bridgehead atoms. The molecule has 1 N–H and O–H groups in total. The van der Waals surface area contributed by atoms with E-state index < -0.39 is 5.97 Å². The Morgan fingerprint density at radius 3 is 2.63 bits per heavy atom. The standard InChI is InChI=1S/C26H33ClN2O6/c1-17-12-22(30)25(27)21-13-20(10-8-6-4-5-7-9-11-33-26(32)24(17)21)28-34-16-23(31)29-14-18(2)35-19(3)15-29/h5,7-8,10,12,18-19,30H,4,6,9,11,13-16H2,1-3H3/b7-5+,10-8+,28-20-. The summed E-state index contributed by atoms with van der Waals surface area (Å²) in [6.07, 6.45) is 9.99. The van der Waals surface area contributed by atoms with E-state index in [0.29, 0.717) is 41.9 Å². The summed E-state index contributed by atoms with van der Waals surface area (Å²) in [7, 11) is 0. The number of ether oxygens (including phenoxy) is 2. The molecule has 2 aliphatic rings. The van der Waals surface area contributed by atoms with Crippen LogP contribution in [0.5, 0.6) is 5.75 Å². The van der Waals surface area contributed by atoms with E-state index in [0.717, 1.165) is 12.8 Å². The lowest BCUT2D eigenvalue weighted by Gasteiger charge is -2.35. The van der Waals surface area contributed by atoms with Gasteiger partial charge in [0.05, 0.1) is 35.1 Å². The van der Waals surface area contributed by atoms with Gasteiger partial charge in [-0.1, -0.05) is 35.0 Å². The minimum atomic E-state index is -0.514. The molecule has 1 amide bonds. The number of nitrogens with zero attached hydrogens (tertiary/aromatic N) is 2. The number of esters is 1. The zero-order chi connectivity index (χ0) is 25.4. The fraction of sp³-hybridized carbons (Fsp3) is 0.500. The Morgan fingerprint density at radius 1 is 1.20 bits per heavy atom. The normalized spacial score (nSPS) is 24.7. The molecule has 0 radical (unpaired) electrons. The average Bonchev–Trinajstić information content (AvgIpc) is 2.79. The van der Waals surface area contributed by atoms with Crippen LogP contribution in [0.3, 0.4) is 0 Å². The molecular formula is C26H33ClN2O6. The van der Waals surface area contributed by atoms with E-state index in [9.17, 15) is 14.7 Å². The zero-order valence-corrected chi connectivity index (χ0v) is 21.2. The van der Waals surface area contributed by atoms with Gasteiger partial charge in [-0.25, -0.2) is 4.79 Å². The minimum absolute atomic E-state index is 0.0418. The van der Waals surface area contributed by atoms with Crippen molar-refractivity contribution < 1.29 is 29.0 Å². The van der Waals surface area contributed by atoms with E-state index in [1.54, 1.807) is 17.9 Å². The van der Waals surface area contributed by atoms with Gasteiger partial charge in [-0.05, 0) is 63.3 Å². The van der Waals surface area contributed by atoms with Crippen molar-refractivity contribution >= 4 is 29.2 Å². The third-order valence-corrected chi connectivity index (χ3v) is 6.16. The monoisotopic (exact) mass is 504 g/mol. The molecule has 1 fully saturated rings. The number of fused-ring (bicyclic) bond motifs is 1. The largest absolute Gasteiger partial charge is 0.506 e. The van der Waals surface area contributed by atoms with Gasteiger partial charge in [0.15, 0.2) is 6.61 Å². The van der Waals surface area contributed by atoms with Crippen LogP contribution in [0.1, 0.15) is 54.6 Å². The quantitative estimate of drug-likeness (QED) is 0.373. The van der Waals surface area contributed by atoms with Crippen molar-refractivity contribution in [3.63, 3.8) is 0 Å². The summed E-state index contributed by atoms with van der Waals surface area (Å²) >= 11 is 6.42. The minimum Gasteiger partial charge on any atom is -0.506 e. The summed E-state index contributed by atoms with van der Waals surface area (Å²) < 4.78 is 11.1. The summed E-state index contributed by atoms with van der Waals surface area (Å²) in [5.41, 5.74) is 1.70. The van der Waals surface area contributed by atoms with Crippen LogP contribution in [-0.2, 0) is 25.5 Å². The number of aromatic hydroxyl groups is 1. The van der Waals surface area contributed by atoms with Gasteiger partial charge in [0.1, 0.15) is 5.75 Å². The number of oxime groups is 1. The highest BCUT2D eigenvalue weighted by atomic mass is 35.5. The molecule has 190 valence electrons. The molecule has 8 nitrogen and oxygen atoms in total. The third kappa shape index (κ3) is 7.57. The van der Waals surface area contributed by atoms with Crippen molar-refractivity contribution in [3.05, 3.63) is 52.1 Å². The second-order valence-electron chi connectivity index (χ2n) is 8.84. The summed E-state index contributed by atoms with van der Waals surface area (Å²) in [6.45, 7) is 6.59. The van der Waals surface area contributed by atoms with Crippen LogP contribution in [0.15, 0.2) is 35.5 Å². The summed E-state index contributed by atoms with van der Waals surface area (Å²) in [5.74, 6) is -0.823. The Morgan fingerprint density at radius 2 is 1.89 bits per heavy atom. The van der Waals surface area contributed by atoms with Crippen LogP contribution in [0.25, 0.3) is 0 Å². The Kier molecular flexibility index (Phi) is 9.74. The van der Waals surface area contributed by atoms with Crippen molar-refractivity contribution in [1.29, 1.82) is 0 Å². The van der Waals surface area contributed by atoms with Crippen molar-refractivity contribution in [2.45, 2.75) is 58.7 Å². The van der Waals surface area contributed by atoms with E-state index in [2.05, 4.69) is 5.16 Å². The van der Waals surface area contributed by atoms with Gasteiger partial charge in [-0.15, -0.1) is 0 Å². The van der Waals surface area contributed by atoms with Gasteiger partial charge in [0.25, 0.3) is 5.91 Å². The topological polar surface area (TPSA) is 97.7 Å². The summed E-state index contributed by atoms with van der Waals surface area (Å²) in [5, 5.41) is 14.5. The number of phenolic OH excluding ortho intramolecular Hbond substituents is 1. The van der Waals surface area contributed by atoms with Crippen molar-refractivity contribution in [3.8, 4) is 5.75 Å². The maximum Gasteiger partial charge on any atom is 0.338 e. The molecule has 1 saturated heterocycles. The van der Waals surface area contributed by atoms with Crippen molar-refractivity contribution in [1.82, 2.24) is 4.90 Å². The van der Waals surface area contributed by atoms with Gasteiger partial charge in [-0.3, -0.25) is 4.79 Å². The smallest absolute Gasteiger partial charge is 0.338 e. The van der Waals surface area contributed by atoms with Crippen LogP contribution in [0.2, 0.25) is 5.02 Å². The predicted molar refractivity (Wildman–Crippen MR) is 134 cm³/mol. The highest BCUT2D eigenvalue weighted by molar-refractivity contribution is 6.33. The maximum atomic E-state index is 12.9. The first-order chi connectivity index (χ1) is 16.8. The van der Waals surface area contributed by atoms with Gasteiger partial charge in [0.2, 0.25) is 0 Å². The number of phenols is 1. The Hall–Kier alpha value is -2.84. The highest BCUT2D eigenvalue weighted by Crippen LogP contribution is 2.33. The number of carbonyl (C=O) groups excluding carboxylic acids is 2. The number of cyclic esters (lactones) is 1. The van der Waals surface area contributed by atoms with Crippen LogP contribution in [-0.4, -0.2) is 66.1 Å². The summed E-state index contributed by atoms with van der Waals surface area (Å²) in [4.78, 5) is 32.6. The second kappa shape index (κ2) is 12.7. The fourth-order valence-corrected chi connectivity index (χ4v) is 4.39. The van der Waals surface area contributed by atoms with Gasteiger partial charge in [0, 0.05) is 19.5 Å². The van der Waals surface area contributed by atoms with Crippen LogP contribution in [0.4, 0.5) is 0 Å². The molecule has 2 atom stereocenters.